The van der Waals surface area contributed by atoms with Crippen molar-refractivity contribution in [1.29, 1.82) is 0 Å². The predicted molar refractivity (Wildman–Crippen MR) is 65.4 cm³/mol. The van der Waals surface area contributed by atoms with E-state index in [4.69, 9.17) is 0 Å². The van der Waals surface area contributed by atoms with Gasteiger partial charge in [-0.1, -0.05) is 29.8 Å². The summed E-state index contributed by atoms with van der Waals surface area (Å²) in [6, 6.07) is 8.63. The lowest BCUT2D eigenvalue weighted by molar-refractivity contribution is -0.125. The number of aryl methyl sites for hydroxylation is 1. The molecular weight excluding hydrogens is 198 g/mol. The van der Waals surface area contributed by atoms with Crippen LogP contribution in [0.5, 0.6) is 0 Å². The summed E-state index contributed by atoms with van der Waals surface area (Å²) in [6.45, 7) is 6.02. The van der Waals surface area contributed by atoms with Crippen LogP contribution in [0.25, 0.3) is 0 Å². The second-order valence-electron chi connectivity index (χ2n) is 5.24. The van der Waals surface area contributed by atoms with Crippen LogP contribution in [0.15, 0.2) is 24.3 Å². The molecule has 0 atom stereocenters. The highest BCUT2D eigenvalue weighted by Gasteiger charge is 2.33. The smallest absolute Gasteiger partial charge is 0.230 e. The molecule has 2 rings (SSSR count). The monoisotopic (exact) mass is 217 g/mol. The maximum atomic E-state index is 12.1. The average molecular weight is 217 g/mol. The highest BCUT2D eigenvalue weighted by Crippen LogP contribution is 2.26. The summed E-state index contributed by atoms with van der Waals surface area (Å²) in [4.78, 5) is 12.1. The van der Waals surface area contributed by atoms with Crippen LogP contribution in [-0.4, -0.2) is 11.9 Å². The molecule has 1 aromatic rings. The van der Waals surface area contributed by atoms with Crippen molar-refractivity contribution in [3.63, 3.8) is 0 Å². The maximum Gasteiger partial charge on any atom is 0.230 e. The van der Waals surface area contributed by atoms with Gasteiger partial charge in [0.25, 0.3) is 0 Å². The summed E-state index contributed by atoms with van der Waals surface area (Å²) in [5.41, 5.74) is 1.87. The zero-order valence-corrected chi connectivity index (χ0v) is 10.2. The van der Waals surface area contributed by atoms with Crippen molar-refractivity contribution in [2.75, 3.05) is 0 Å². The van der Waals surface area contributed by atoms with Crippen LogP contribution in [0.4, 0.5) is 0 Å². The minimum absolute atomic E-state index is 0.138. The fourth-order valence-corrected chi connectivity index (χ4v) is 1.69. The Hall–Kier alpha value is -1.31. The average Bonchev–Trinajstić information content (AvgIpc) is 3.02. The molecule has 2 heteroatoms. The second kappa shape index (κ2) is 3.93. The van der Waals surface area contributed by atoms with Gasteiger partial charge in [0.1, 0.15) is 0 Å². The fraction of sp³-hybridized carbons (Fsp3) is 0.500. The zero-order valence-electron chi connectivity index (χ0n) is 10.2. The molecule has 0 heterocycles. The zero-order chi connectivity index (χ0) is 11.8. The molecule has 1 fully saturated rings. The molecule has 1 amide bonds. The lowest BCUT2D eigenvalue weighted by Crippen LogP contribution is -2.41. The van der Waals surface area contributed by atoms with E-state index < -0.39 is 5.41 Å². The third kappa shape index (κ3) is 2.26. The first-order chi connectivity index (χ1) is 7.50. The van der Waals surface area contributed by atoms with Crippen LogP contribution in [0, 0.1) is 6.92 Å². The molecule has 86 valence electrons. The maximum absolute atomic E-state index is 12.1. The van der Waals surface area contributed by atoms with E-state index in [1.807, 2.05) is 26.0 Å². The van der Waals surface area contributed by atoms with Gasteiger partial charge in [0.05, 0.1) is 5.41 Å². The summed E-state index contributed by atoms with van der Waals surface area (Å²) in [5.74, 6) is 0.138. The molecule has 0 aromatic heterocycles. The SMILES string of the molecule is Cc1ccc(C(C)(C)C(=O)NC2CC2)cc1. The van der Waals surface area contributed by atoms with Crippen LogP contribution in [0.3, 0.4) is 0 Å². The Labute approximate surface area is 97.1 Å². The normalized spacial score (nSPS) is 15.9. The standard InChI is InChI=1S/C14H19NO/c1-10-4-6-11(7-5-10)14(2,3)13(16)15-12-8-9-12/h4-7,12H,8-9H2,1-3H3,(H,15,16). The molecule has 16 heavy (non-hydrogen) atoms. The Morgan fingerprint density at radius 3 is 2.31 bits per heavy atom. The van der Waals surface area contributed by atoms with E-state index >= 15 is 0 Å². The minimum Gasteiger partial charge on any atom is -0.353 e. The first-order valence-electron chi connectivity index (χ1n) is 5.88. The van der Waals surface area contributed by atoms with Gasteiger partial charge in [-0.2, -0.15) is 0 Å². The molecule has 1 aliphatic carbocycles. The number of carbonyl (C=O) groups excluding carboxylic acids is 1. The summed E-state index contributed by atoms with van der Waals surface area (Å²) < 4.78 is 0. The van der Waals surface area contributed by atoms with Gasteiger partial charge in [-0.3, -0.25) is 4.79 Å². The van der Waals surface area contributed by atoms with E-state index in [-0.39, 0.29) is 5.91 Å². The number of amides is 1. The van der Waals surface area contributed by atoms with Crippen molar-refractivity contribution in [1.82, 2.24) is 5.32 Å². The first-order valence-corrected chi connectivity index (χ1v) is 5.88. The van der Waals surface area contributed by atoms with Gasteiger partial charge in [-0.25, -0.2) is 0 Å². The van der Waals surface area contributed by atoms with E-state index in [9.17, 15) is 4.79 Å². The van der Waals surface area contributed by atoms with Gasteiger partial charge in [-0.15, -0.1) is 0 Å². The predicted octanol–water partition coefficient (Wildman–Crippen LogP) is 2.55. The molecule has 0 unspecified atom stereocenters. The molecule has 0 saturated heterocycles. The van der Waals surface area contributed by atoms with E-state index in [0.717, 1.165) is 18.4 Å². The van der Waals surface area contributed by atoms with E-state index in [0.29, 0.717) is 6.04 Å². The summed E-state index contributed by atoms with van der Waals surface area (Å²) in [6.07, 6.45) is 2.27. The first kappa shape index (κ1) is 11.2. The van der Waals surface area contributed by atoms with E-state index in [1.54, 1.807) is 0 Å². The van der Waals surface area contributed by atoms with Crippen molar-refractivity contribution in [2.24, 2.45) is 0 Å². The molecule has 2 nitrogen and oxygen atoms in total. The van der Waals surface area contributed by atoms with Gasteiger partial charge < -0.3 is 5.32 Å². The Balaban J connectivity index is 2.15. The molecule has 1 N–H and O–H groups in total. The summed E-state index contributed by atoms with van der Waals surface area (Å²) in [5, 5.41) is 3.07. The van der Waals surface area contributed by atoms with Crippen LogP contribution in [-0.2, 0) is 10.2 Å². The van der Waals surface area contributed by atoms with Crippen molar-refractivity contribution in [3.05, 3.63) is 35.4 Å². The number of hydrogen-bond acceptors (Lipinski definition) is 1. The van der Waals surface area contributed by atoms with Crippen molar-refractivity contribution in [2.45, 2.75) is 45.1 Å². The molecule has 1 aliphatic rings. The third-order valence-electron chi connectivity index (χ3n) is 3.25. The molecule has 1 aromatic carbocycles. The van der Waals surface area contributed by atoms with Crippen LogP contribution < -0.4 is 5.32 Å². The summed E-state index contributed by atoms with van der Waals surface area (Å²) in [7, 11) is 0. The van der Waals surface area contributed by atoms with Crippen molar-refractivity contribution < 1.29 is 4.79 Å². The molecule has 0 aliphatic heterocycles. The largest absolute Gasteiger partial charge is 0.353 e. The summed E-state index contributed by atoms with van der Waals surface area (Å²) >= 11 is 0. The van der Waals surface area contributed by atoms with Gasteiger partial charge in [0.15, 0.2) is 0 Å². The van der Waals surface area contributed by atoms with Gasteiger partial charge in [0.2, 0.25) is 5.91 Å². The third-order valence-corrected chi connectivity index (χ3v) is 3.25. The highest BCUT2D eigenvalue weighted by molar-refractivity contribution is 5.87. The quantitative estimate of drug-likeness (QED) is 0.828. The van der Waals surface area contributed by atoms with Crippen LogP contribution in [0.1, 0.15) is 37.8 Å². The number of carbonyl (C=O) groups is 1. The van der Waals surface area contributed by atoms with Gasteiger partial charge in [-0.05, 0) is 39.2 Å². The second-order valence-corrected chi connectivity index (χ2v) is 5.24. The Morgan fingerprint density at radius 2 is 1.81 bits per heavy atom. The molecule has 0 bridgehead atoms. The molecular formula is C14H19NO. The number of hydrogen-bond donors (Lipinski definition) is 1. The fourth-order valence-electron chi connectivity index (χ4n) is 1.69. The number of rotatable bonds is 3. The van der Waals surface area contributed by atoms with Gasteiger partial charge >= 0.3 is 0 Å². The topological polar surface area (TPSA) is 29.1 Å². The van der Waals surface area contributed by atoms with E-state index in [2.05, 4.69) is 24.4 Å². The molecule has 1 saturated carbocycles. The van der Waals surface area contributed by atoms with Crippen LogP contribution in [0.2, 0.25) is 0 Å². The van der Waals surface area contributed by atoms with Crippen LogP contribution >= 0.6 is 0 Å². The van der Waals surface area contributed by atoms with Crippen molar-refractivity contribution >= 4 is 5.91 Å². The van der Waals surface area contributed by atoms with Crippen molar-refractivity contribution in [3.8, 4) is 0 Å². The van der Waals surface area contributed by atoms with Gasteiger partial charge in [0, 0.05) is 6.04 Å². The highest BCUT2D eigenvalue weighted by atomic mass is 16.2. The number of benzene rings is 1. The Bertz CT molecular complexity index is 388. The molecule has 0 radical (unpaired) electrons. The Morgan fingerprint density at radius 1 is 1.25 bits per heavy atom. The lowest BCUT2D eigenvalue weighted by atomic mass is 9.83. The van der Waals surface area contributed by atoms with E-state index in [1.165, 1.54) is 5.56 Å². The minimum atomic E-state index is -0.434. The molecule has 0 spiro atoms. The lowest BCUT2D eigenvalue weighted by Gasteiger charge is -2.24. The number of nitrogens with one attached hydrogen (secondary N) is 1. The Kier molecular flexibility index (Phi) is 2.75.